The normalized spacial score (nSPS) is 16.8. The molecule has 1 saturated heterocycles. The minimum Gasteiger partial charge on any atom is -0.484 e. The summed E-state index contributed by atoms with van der Waals surface area (Å²) in [5.41, 5.74) is 2.76. The predicted octanol–water partition coefficient (Wildman–Crippen LogP) is 4.00. The first-order chi connectivity index (χ1) is 19.7. The topological polar surface area (TPSA) is 107 Å². The van der Waals surface area contributed by atoms with Crippen LogP contribution in [-0.4, -0.2) is 78.2 Å². The quantitative estimate of drug-likeness (QED) is 0.211. The van der Waals surface area contributed by atoms with Crippen molar-refractivity contribution in [1.82, 2.24) is 30.5 Å². The maximum absolute atomic E-state index is 13.9. The van der Waals surface area contributed by atoms with Gasteiger partial charge >= 0.3 is 0 Å². The van der Waals surface area contributed by atoms with Gasteiger partial charge in [0.15, 0.2) is 23.9 Å². The molecule has 0 saturated carbocycles. The molecule has 1 fully saturated rings. The summed E-state index contributed by atoms with van der Waals surface area (Å²) in [6.45, 7) is 2.61. The van der Waals surface area contributed by atoms with Gasteiger partial charge in [-0.2, -0.15) is 0 Å². The Morgan fingerprint density at radius 1 is 1.17 bits per heavy atom. The first-order valence-electron chi connectivity index (χ1n) is 13.3. The number of hydrogen-bond acceptors (Lipinski definition) is 7. The molecule has 4 aromatic rings. The van der Waals surface area contributed by atoms with E-state index >= 15 is 0 Å². The Hall–Kier alpha value is -3.80. The van der Waals surface area contributed by atoms with Crippen molar-refractivity contribution in [3.8, 4) is 17.1 Å². The number of aromatic amines is 1. The number of likely N-dealkylation sites (N-methyl/N-ethyl adjacent to an activating group) is 1. The van der Waals surface area contributed by atoms with Gasteiger partial charge in [0, 0.05) is 25.2 Å². The van der Waals surface area contributed by atoms with E-state index in [0.717, 1.165) is 31.1 Å². The van der Waals surface area contributed by atoms with Gasteiger partial charge in [0.1, 0.15) is 17.1 Å². The van der Waals surface area contributed by atoms with Gasteiger partial charge in [-0.25, -0.2) is 18.7 Å². The molecule has 0 unspecified atom stereocenters. The number of nitrogens with zero attached hydrogens (tertiary/aromatic N) is 3. The molecule has 0 spiro atoms. The van der Waals surface area contributed by atoms with Crippen LogP contribution < -0.4 is 20.7 Å². The van der Waals surface area contributed by atoms with E-state index < -0.39 is 17.2 Å². The number of H-pyrrole nitrogens is 1. The average Bonchev–Trinajstić information content (AvgIpc) is 3.59. The summed E-state index contributed by atoms with van der Waals surface area (Å²) in [4.78, 5) is 26.4. The lowest BCUT2D eigenvalue weighted by atomic mass is 9.89. The third-order valence-corrected chi connectivity index (χ3v) is 7.30. The van der Waals surface area contributed by atoms with Gasteiger partial charge in [-0.05, 0) is 75.4 Å². The highest BCUT2D eigenvalue weighted by molar-refractivity contribution is 6.34. The zero-order valence-corrected chi connectivity index (χ0v) is 23.6. The summed E-state index contributed by atoms with van der Waals surface area (Å²) >= 11 is 6.62. The molecule has 0 aliphatic carbocycles. The zero-order chi connectivity index (χ0) is 29.0. The summed E-state index contributed by atoms with van der Waals surface area (Å²) in [5, 5.41) is 10.2. The number of pyridine rings is 1. The summed E-state index contributed by atoms with van der Waals surface area (Å²) < 4.78 is 33.1. The summed E-state index contributed by atoms with van der Waals surface area (Å²) in [7, 11) is 3.88. The van der Waals surface area contributed by atoms with E-state index in [4.69, 9.17) is 16.3 Å². The number of amides is 1. The third-order valence-electron chi connectivity index (χ3n) is 7.01. The second-order valence-corrected chi connectivity index (χ2v) is 10.9. The van der Waals surface area contributed by atoms with Gasteiger partial charge in [0.25, 0.3) is 5.91 Å². The van der Waals surface area contributed by atoms with Gasteiger partial charge in [0.05, 0.1) is 22.4 Å². The number of hydrogen-bond donors (Lipinski definition) is 4. The molecule has 5 rings (SSSR count). The van der Waals surface area contributed by atoms with E-state index in [-0.39, 0.29) is 12.5 Å². The smallest absolute Gasteiger partial charge is 0.257 e. The maximum Gasteiger partial charge on any atom is 0.257 e. The van der Waals surface area contributed by atoms with Crippen molar-refractivity contribution in [2.75, 3.05) is 52.2 Å². The number of fused-ring (bicyclic) bond motifs is 1. The second kappa shape index (κ2) is 12.4. The Morgan fingerprint density at radius 2 is 1.98 bits per heavy atom. The predicted molar refractivity (Wildman–Crippen MR) is 155 cm³/mol. The molecule has 3 heterocycles. The molecular formula is C29H32ClF2N7O2. The number of ether oxygens (including phenoxy) is 1. The van der Waals surface area contributed by atoms with Crippen LogP contribution in [0, 0.1) is 11.6 Å². The van der Waals surface area contributed by atoms with E-state index in [0.29, 0.717) is 58.5 Å². The van der Waals surface area contributed by atoms with Crippen LogP contribution in [0.15, 0.2) is 48.7 Å². The SMILES string of the molecule is CN(C)CCNC(=O)COc1ccc(-c2nc3ncc(Cl)c(N[C@@]4(Cc5ccc(F)c(F)c5)CCNC4)c3[nH]2)cc1. The van der Waals surface area contributed by atoms with Crippen molar-refractivity contribution in [3.05, 3.63) is 70.9 Å². The molecule has 1 aliphatic heterocycles. The largest absolute Gasteiger partial charge is 0.484 e. The molecule has 41 heavy (non-hydrogen) atoms. The molecule has 4 N–H and O–H groups in total. The van der Waals surface area contributed by atoms with Crippen LogP contribution in [0.4, 0.5) is 14.5 Å². The highest BCUT2D eigenvalue weighted by Gasteiger charge is 2.35. The number of rotatable bonds is 11. The molecule has 1 aliphatic rings. The van der Waals surface area contributed by atoms with Crippen LogP contribution in [0.5, 0.6) is 5.75 Å². The molecule has 0 radical (unpaired) electrons. The number of carbonyl (C=O) groups is 1. The first kappa shape index (κ1) is 28.7. The second-order valence-electron chi connectivity index (χ2n) is 10.5. The van der Waals surface area contributed by atoms with Crippen molar-refractivity contribution in [2.24, 2.45) is 0 Å². The number of carbonyl (C=O) groups excluding carboxylic acids is 1. The Morgan fingerprint density at radius 3 is 2.68 bits per heavy atom. The maximum atomic E-state index is 13.9. The molecule has 12 heteroatoms. The van der Waals surface area contributed by atoms with Gasteiger partial charge in [-0.3, -0.25) is 4.79 Å². The van der Waals surface area contributed by atoms with Crippen LogP contribution in [0.3, 0.4) is 0 Å². The van der Waals surface area contributed by atoms with E-state index in [1.54, 1.807) is 24.4 Å². The Balaban J connectivity index is 1.32. The molecule has 2 aromatic carbocycles. The van der Waals surface area contributed by atoms with Gasteiger partial charge in [-0.1, -0.05) is 17.7 Å². The summed E-state index contributed by atoms with van der Waals surface area (Å²) in [6, 6.07) is 11.2. The van der Waals surface area contributed by atoms with Crippen molar-refractivity contribution in [1.29, 1.82) is 0 Å². The third kappa shape index (κ3) is 6.92. The highest BCUT2D eigenvalue weighted by Crippen LogP contribution is 2.35. The van der Waals surface area contributed by atoms with Crippen LogP contribution in [0.1, 0.15) is 12.0 Å². The minimum atomic E-state index is -0.870. The number of benzene rings is 2. The lowest BCUT2D eigenvalue weighted by Gasteiger charge is -2.31. The monoisotopic (exact) mass is 583 g/mol. The Labute approximate surface area is 241 Å². The van der Waals surface area contributed by atoms with Crippen molar-refractivity contribution in [3.63, 3.8) is 0 Å². The highest BCUT2D eigenvalue weighted by atomic mass is 35.5. The van der Waals surface area contributed by atoms with Gasteiger partial charge in [-0.15, -0.1) is 0 Å². The van der Waals surface area contributed by atoms with Crippen LogP contribution in [0.25, 0.3) is 22.6 Å². The number of aromatic nitrogens is 3. The van der Waals surface area contributed by atoms with Crippen molar-refractivity contribution < 1.29 is 18.3 Å². The number of anilines is 1. The fourth-order valence-corrected chi connectivity index (χ4v) is 5.06. The van der Waals surface area contributed by atoms with Crippen molar-refractivity contribution in [2.45, 2.75) is 18.4 Å². The molecule has 1 atom stereocenters. The zero-order valence-electron chi connectivity index (χ0n) is 22.9. The van der Waals surface area contributed by atoms with Crippen LogP contribution in [0.2, 0.25) is 5.02 Å². The van der Waals surface area contributed by atoms with E-state index in [1.807, 2.05) is 31.1 Å². The standard InChI is InChI=1S/C29H32ClF2N7O2/c1-39(2)12-11-34-24(40)16-41-20-6-4-19(5-7-20)27-36-26-25(21(30)15-35-28(26)37-27)38-29(9-10-33-17-29)14-18-3-8-22(31)23(32)13-18/h3-8,13,15,33H,9-12,14,16-17H2,1-2H3,(H,34,40)(H2,35,36,37,38)/t29-/m1/s1. The van der Waals surface area contributed by atoms with E-state index in [9.17, 15) is 13.6 Å². The molecule has 216 valence electrons. The van der Waals surface area contributed by atoms with Gasteiger partial charge in [0.2, 0.25) is 0 Å². The van der Waals surface area contributed by atoms with Crippen LogP contribution in [-0.2, 0) is 11.2 Å². The lowest BCUT2D eigenvalue weighted by Crippen LogP contribution is -2.43. The minimum absolute atomic E-state index is 0.0734. The molecule has 9 nitrogen and oxygen atoms in total. The summed E-state index contributed by atoms with van der Waals surface area (Å²) in [6.07, 6.45) is 2.76. The van der Waals surface area contributed by atoms with Gasteiger partial charge < -0.3 is 30.6 Å². The average molecular weight is 584 g/mol. The molecular weight excluding hydrogens is 552 g/mol. The number of nitrogens with one attached hydrogen (secondary N) is 4. The Kier molecular flexibility index (Phi) is 8.67. The fraction of sp³-hybridized carbons (Fsp3) is 0.345. The molecule has 2 aromatic heterocycles. The first-order valence-corrected chi connectivity index (χ1v) is 13.7. The van der Waals surface area contributed by atoms with E-state index in [2.05, 4.69) is 30.9 Å². The lowest BCUT2D eigenvalue weighted by molar-refractivity contribution is -0.123. The van der Waals surface area contributed by atoms with Crippen molar-refractivity contribution >= 4 is 34.4 Å². The van der Waals surface area contributed by atoms with Crippen LogP contribution >= 0.6 is 11.6 Å². The number of halogens is 3. The summed E-state index contributed by atoms with van der Waals surface area (Å²) in [5.74, 6) is -0.777. The molecule has 0 bridgehead atoms. The Bertz CT molecular complexity index is 1520. The van der Waals surface area contributed by atoms with E-state index in [1.165, 1.54) is 6.07 Å². The fourth-order valence-electron chi connectivity index (χ4n) is 4.87. The molecule has 1 amide bonds. The number of imidazole rings is 1.